The minimum absolute atomic E-state index is 0.298. The maximum absolute atomic E-state index is 12.2. The van der Waals surface area contributed by atoms with Gasteiger partial charge in [-0.25, -0.2) is 8.42 Å². The summed E-state index contributed by atoms with van der Waals surface area (Å²) in [7, 11) is 0.385. The van der Waals surface area contributed by atoms with E-state index in [1.54, 1.807) is 37.3 Å². The fourth-order valence-corrected chi connectivity index (χ4v) is 3.31. The van der Waals surface area contributed by atoms with Gasteiger partial charge in [-0.15, -0.1) is 0 Å². The van der Waals surface area contributed by atoms with E-state index in [9.17, 15) is 13.2 Å². The van der Waals surface area contributed by atoms with E-state index in [1.807, 2.05) is 19.0 Å². The molecule has 7 heteroatoms. The lowest BCUT2D eigenvalue weighted by Crippen LogP contribution is -2.48. The molecule has 1 atom stereocenters. The summed E-state index contributed by atoms with van der Waals surface area (Å²) >= 11 is 0. The van der Waals surface area contributed by atoms with Gasteiger partial charge in [0.05, 0.1) is 11.9 Å². The summed E-state index contributed by atoms with van der Waals surface area (Å²) in [6, 6.07) is 7.85. The molecule has 0 spiro atoms. The molecule has 0 heterocycles. The second-order valence-corrected chi connectivity index (χ2v) is 7.38. The largest absolute Gasteiger partial charge is 0.354 e. The topological polar surface area (TPSA) is 69.7 Å². The van der Waals surface area contributed by atoms with Crippen LogP contribution in [0.25, 0.3) is 0 Å². The third-order valence-electron chi connectivity index (χ3n) is 3.18. The molecule has 0 unspecified atom stereocenters. The zero-order chi connectivity index (χ0) is 16.8. The average molecular weight is 327 g/mol. The molecular weight excluding hydrogens is 302 g/mol. The summed E-state index contributed by atoms with van der Waals surface area (Å²) < 4.78 is 25.2. The molecule has 0 bridgehead atoms. The molecule has 1 rings (SSSR count). The predicted octanol–water partition coefficient (Wildman–Crippen LogP) is 0.909. The molecule has 1 amide bonds. The van der Waals surface area contributed by atoms with E-state index in [4.69, 9.17) is 0 Å². The summed E-state index contributed by atoms with van der Waals surface area (Å²) in [6.07, 6.45) is 1.92. The number of rotatable bonds is 8. The number of hydrogen-bond donors (Lipinski definition) is 1. The second-order valence-electron chi connectivity index (χ2n) is 5.52. The van der Waals surface area contributed by atoms with Crippen molar-refractivity contribution in [2.45, 2.75) is 19.4 Å². The molecule has 0 aromatic heterocycles. The fourth-order valence-electron chi connectivity index (χ4n) is 2.14. The molecule has 0 radical (unpaired) electrons. The SMILES string of the molecule is C[C@H](C(=O)NCCCN(C)C)N(c1ccccc1)S(C)(=O)=O. The molecule has 22 heavy (non-hydrogen) atoms. The van der Waals surface area contributed by atoms with Crippen molar-refractivity contribution in [1.29, 1.82) is 0 Å². The van der Waals surface area contributed by atoms with Gasteiger partial charge in [0, 0.05) is 6.54 Å². The van der Waals surface area contributed by atoms with Gasteiger partial charge in [0.2, 0.25) is 15.9 Å². The number of sulfonamides is 1. The molecule has 1 N–H and O–H groups in total. The van der Waals surface area contributed by atoms with E-state index < -0.39 is 16.1 Å². The first-order chi connectivity index (χ1) is 10.2. The molecule has 1 aromatic rings. The van der Waals surface area contributed by atoms with Crippen molar-refractivity contribution in [3.8, 4) is 0 Å². The standard InChI is InChI=1S/C15H25N3O3S/c1-13(15(19)16-11-8-12-17(2)3)18(22(4,20)21)14-9-6-5-7-10-14/h5-7,9-10,13H,8,11-12H2,1-4H3,(H,16,19)/t13-/m1/s1. The maximum Gasteiger partial charge on any atom is 0.243 e. The third kappa shape index (κ3) is 5.65. The fraction of sp³-hybridized carbons (Fsp3) is 0.533. The lowest BCUT2D eigenvalue weighted by molar-refractivity contribution is -0.121. The summed E-state index contributed by atoms with van der Waals surface area (Å²) in [6.45, 7) is 2.98. The Morgan fingerprint density at radius 3 is 2.32 bits per heavy atom. The Labute approximate surface area is 133 Å². The lowest BCUT2D eigenvalue weighted by Gasteiger charge is -2.28. The van der Waals surface area contributed by atoms with Crippen molar-refractivity contribution in [2.24, 2.45) is 0 Å². The van der Waals surface area contributed by atoms with Crippen LogP contribution in [0.3, 0.4) is 0 Å². The van der Waals surface area contributed by atoms with Crippen LogP contribution >= 0.6 is 0 Å². The van der Waals surface area contributed by atoms with Crippen LogP contribution in [0.2, 0.25) is 0 Å². The van der Waals surface area contributed by atoms with Crippen LogP contribution in [-0.2, 0) is 14.8 Å². The van der Waals surface area contributed by atoms with Crippen molar-refractivity contribution >= 4 is 21.6 Å². The first-order valence-electron chi connectivity index (χ1n) is 7.20. The number of nitrogens with one attached hydrogen (secondary N) is 1. The number of carbonyl (C=O) groups is 1. The van der Waals surface area contributed by atoms with E-state index in [0.29, 0.717) is 12.2 Å². The van der Waals surface area contributed by atoms with Crippen molar-refractivity contribution < 1.29 is 13.2 Å². The second kappa shape index (κ2) is 8.14. The number of hydrogen-bond acceptors (Lipinski definition) is 4. The normalized spacial score (nSPS) is 13.0. The summed E-state index contributed by atoms with van der Waals surface area (Å²) in [5.74, 6) is -0.298. The van der Waals surface area contributed by atoms with Gasteiger partial charge < -0.3 is 10.2 Å². The highest BCUT2D eigenvalue weighted by Crippen LogP contribution is 2.20. The molecular formula is C15H25N3O3S. The number of amides is 1. The third-order valence-corrected chi connectivity index (χ3v) is 4.42. The van der Waals surface area contributed by atoms with Crippen LogP contribution < -0.4 is 9.62 Å². The first-order valence-corrected chi connectivity index (χ1v) is 9.05. The summed E-state index contributed by atoms with van der Waals surface area (Å²) in [4.78, 5) is 14.2. The van der Waals surface area contributed by atoms with Crippen molar-refractivity contribution in [3.63, 3.8) is 0 Å². The van der Waals surface area contributed by atoms with Crippen molar-refractivity contribution in [3.05, 3.63) is 30.3 Å². The van der Waals surface area contributed by atoms with E-state index >= 15 is 0 Å². The lowest BCUT2D eigenvalue weighted by atomic mass is 10.2. The van der Waals surface area contributed by atoms with Gasteiger partial charge in [0.25, 0.3) is 0 Å². The Kier molecular flexibility index (Phi) is 6.83. The van der Waals surface area contributed by atoms with Crippen LogP contribution in [0, 0.1) is 0 Å². The van der Waals surface area contributed by atoms with Crippen molar-refractivity contribution in [2.75, 3.05) is 37.7 Å². The Balaban J connectivity index is 2.77. The smallest absolute Gasteiger partial charge is 0.243 e. The van der Waals surface area contributed by atoms with Gasteiger partial charge in [-0.05, 0) is 46.1 Å². The van der Waals surface area contributed by atoms with Gasteiger partial charge in [-0.1, -0.05) is 18.2 Å². The molecule has 0 saturated carbocycles. The molecule has 124 valence electrons. The Bertz CT molecular complexity index is 573. The highest BCUT2D eigenvalue weighted by atomic mass is 32.2. The number of nitrogens with zero attached hydrogens (tertiary/aromatic N) is 2. The molecule has 0 aliphatic carbocycles. The van der Waals surface area contributed by atoms with Crippen LogP contribution in [0.5, 0.6) is 0 Å². The van der Waals surface area contributed by atoms with E-state index in [0.717, 1.165) is 23.5 Å². The van der Waals surface area contributed by atoms with Gasteiger partial charge >= 0.3 is 0 Å². The minimum Gasteiger partial charge on any atom is -0.354 e. The van der Waals surface area contributed by atoms with Gasteiger partial charge in [-0.3, -0.25) is 9.10 Å². The van der Waals surface area contributed by atoms with E-state index in [-0.39, 0.29) is 5.91 Å². The highest BCUT2D eigenvalue weighted by Gasteiger charge is 2.28. The summed E-state index contributed by atoms with van der Waals surface area (Å²) in [5.41, 5.74) is 0.487. The molecule has 0 aliphatic rings. The van der Waals surface area contributed by atoms with Crippen LogP contribution in [0.15, 0.2) is 30.3 Å². The monoisotopic (exact) mass is 327 g/mol. The first kappa shape index (κ1) is 18.4. The zero-order valence-corrected chi connectivity index (χ0v) is 14.4. The minimum atomic E-state index is -3.54. The summed E-state index contributed by atoms with van der Waals surface area (Å²) in [5, 5.41) is 2.79. The molecule has 0 saturated heterocycles. The number of carbonyl (C=O) groups excluding carboxylic acids is 1. The molecule has 0 fully saturated rings. The van der Waals surface area contributed by atoms with Crippen LogP contribution in [0.1, 0.15) is 13.3 Å². The molecule has 6 nitrogen and oxygen atoms in total. The Morgan fingerprint density at radius 1 is 1.23 bits per heavy atom. The van der Waals surface area contributed by atoms with Crippen molar-refractivity contribution in [1.82, 2.24) is 10.2 Å². The van der Waals surface area contributed by atoms with Gasteiger partial charge in [0.15, 0.2) is 0 Å². The number of para-hydroxylation sites is 1. The quantitative estimate of drug-likeness (QED) is 0.721. The average Bonchev–Trinajstić information content (AvgIpc) is 2.42. The van der Waals surface area contributed by atoms with Crippen LogP contribution in [-0.4, -0.2) is 58.7 Å². The number of benzene rings is 1. The van der Waals surface area contributed by atoms with Gasteiger partial charge in [-0.2, -0.15) is 0 Å². The van der Waals surface area contributed by atoms with Crippen LogP contribution in [0.4, 0.5) is 5.69 Å². The Morgan fingerprint density at radius 2 is 1.82 bits per heavy atom. The Hall–Kier alpha value is -1.60. The van der Waals surface area contributed by atoms with E-state index in [2.05, 4.69) is 5.32 Å². The zero-order valence-electron chi connectivity index (χ0n) is 13.6. The maximum atomic E-state index is 12.2. The van der Waals surface area contributed by atoms with Gasteiger partial charge in [0.1, 0.15) is 6.04 Å². The highest BCUT2D eigenvalue weighted by molar-refractivity contribution is 7.92. The predicted molar refractivity (Wildman–Crippen MR) is 89.4 cm³/mol. The number of anilines is 1. The van der Waals surface area contributed by atoms with E-state index in [1.165, 1.54) is 0 Å². The molecule has 1 aromatic carbocycles. The molecule has 0 aliphatic heterocycles.